The average molecular weight is 359 g/mol. The molecule has 1 N–H and O–H groups in total. The normalized spacial score (nSPS) is 23.5. The van der Waals surface area contributed by atoms with Gasteiger partial charge in [-0.2, -0.15) is 0 Å². The van der Waals surface area contributed by atoms with Crippen molar-refractivity contribution in [1.82, 2.24) is 0 Å². The van der Waals surface area contributed by atoms with E-state index in [2.05, 4.69) is 45.0 Å². The van der Waals surface area contributed by atoms with Gasteiger partial charge in [-0.3, -0.25) is 0 Å². The molecular weight excluding hydrogens is 331 g/mol. The Labute approximate surface area is 150 Å². The van der Waals surface area contributed by atoms with Gasteiger partial charge in [0.05, 0.1) is 6.61 Å². The van der Waals surface area contributed by atoms with Crippen molar-refractivity contribution in [2.45, 2.75) is 37.9 Å². The lowest BCUT2D eigenvalue weighted by molar-refractivity contribution is 0.130. The third kappa shape index (κ3) is 3.31. The highest BCUT2D eigenvalue weighted by Gasteiger charge is 2.57. The zero-order valence-electron chi connectivity index (χ0n) is 15.2. The van der Waals surface area contributed by atoms with Gasteiger partial charge in [0, 0.05) is 12.5 Å². The predicted octanol–water partition coefficient (Wildman–Crippen LogP) is 3.28. The van der Waals surface area contributed by atoms with Crippen molar-refractivity contribution in [2.24, 2.45) is 5.92 Å². The van der Waals surface area contributed by atoms with Crippen LogP contribution in [0.4, 0.5) is 4.39 Å². The molecular formula is C21H27FO2Si. The Morgan fingerprint density at radius 2 is 1.52 bits per heavy atom. The lowest BCUT2D eigenvalue weighted by atomic mass is 10.2. The molecule has 3 rings (SSSR count). The molecule has 1 fully saturated rings. The van der Waals surface area contributed by atoms with Gasteiger partial charge >= 0.3 is 0 Å². The van der Waals surface area contributed by atoms with Crippen LogP contribution in [-0.2, 0) is 4.43 Å². The Morgan fingerprint density at radius 3 is 1.88 bits per heavy atom. The summed E-state index contributed by atoms with van der Waals surface area (Å²) < 4.78 is 20.9. The van der Waals surface area contributed by atoms with Crippen molar-refractivity contribution in [3.8, 4) is 0 Å². The van der Waals surface area contributed by atoms with Gasteiger partial charge in [0.15, 0.2) is 0 Å². The smallest absolute Gasteiger partial charge is 0.261 e. The van der Waals surface area contributed by atoms with E-state index in [1.165, 1.54) is 10.4 Å². The molecule has 0 aliphatic heterocycles. The first-order chi connectivity index (χ1) is 11.8. The molecule has 0 spiro atoms. The molecule has 1 saturated carbocycles. The largest absolute Gasteiger partial charge is 0.407 e. The van der Waals surface area contributed by atoms with E-state index >= 15 is 0 Å². The molecule has 0 unspecified atom stereocenters. The van der Waals surface area contributed by atoms with Crippen molar-refractivity contribution in [3.63, 3.8) is 0 Å². The predicted molar refractivity (Wildman–Crippen MR) is 103 cm³/mol. The SMILES string of the molecule is CC(C)(C)[Si](OC[C@@H]1C[C@@]1(F)CO)(c1ccccc1)c1ccccc1. The first-order valence-corrected chi connectivity index (χ1v) is 10.8. The van der Waals surface area contributed by atoms with E-state index in [-0.39, 0.29) is 11.0 Å². The standard InChI is InChI=1S/C21H27FO2Si/c1-20(2,3)25(18-10-6-4-7-11-18,19-12-8-5-9-13-19)24-15-17-14-21(17,22)16-23/h4-13,17,23H,14-16H2,1-3H3/t17-,21+/m0/s1. The number of halogens is 1. The molecule has 134 valence electrons. The molecule has 2 nitrogen and oxygen atoms in total. The maximum atomic E-state index is 14.3. The summed E-state index contributed by atoms with van der Waals surface area (Å²) in [5.41, 5.74) is -1.45. The fraction of sp³-hybridized carbons (Fsp3) is 0.429. The topological polar surface area (TPSA) is 29.5 Å². The van der Waals surface area contributed by atoms with Crippen LogP contribution in [0.25, 0.3) is 0 Å². The van der Waals surface area contributed by atoms with Gasteiger partial charge in [0.25, 0.3) is 8.32 Å². The molecule has 0 amide bonds. The highest BCUT2D eigenvalue weighted by molar-refractivity contribution is 6.99. The Kier molecular flexibility index (Phi) is 4.88. The Balaban J connectivity index is 2.03. The Bertz CT molecular complexity index is 659. The Morgan fingerprint density at radius 1 is 1.04 bits per heavy atom. The summed E-state index contributed by atoms with van der Waals surface area (Å²) in [6.45, 7) is 6.56. The third-order valence-electron chi connectivity index (χ3n) is 5.34. The van der Waals surface area contributed by atoms with Gasteiger partial charge in [-0.25, -0.2) is 4.39 Å². The number of hydrogen-bond donors (Lipinski definition) is 1. The second kappa shape index (κ2) is 6.67. The maximum Gasteiger partial charge on any atom is 0.261 e. The minimum Gasteiger partial charge on any atom is -0.407 e. The average Bonchev–Trinajstić information content (AvgIpc) is 3.27. The van der Waals surface area contributed by atoms with Crippen molar-refractivity contribution < 1.29 is 13.9 Å². The van der Waals surface area contributed by atoms with Crippen LogP contribution in [0.3, 0.4) is 0 Å². The first kappa shape index (κ1) is 18.3. The third-order valence-corrected chi connectivity index (χ3v) is 10.3. The van der Waals surface area contributed by atoms with Crippen LogP contribution in [0.2, 0.25) is 5.04 Å². The summed E-state index contributed by atoms with van der Waals surface area (Å²) in [6, 6.07) is 20.7. The summed E-state index contributed by atoms with van der Waals surface area (Å²) >= 11 is 0. The lowest BCUT2D eigenvalue weighted by Gasteiger charge is -2.43. The molecule has 2 aromatic carbocycles. The summed E-state index contributed by atoms with van der Waals surface area (Å²) in [5.74, 6) is -0.209. The van der Waals surface area contributed by atoms with Crippen LogP contribution in [0.15, 0.2) is 60.7 Å². The molecule has 2 atom stereocenters. The second-order valence-electron chi connectivity index (χ2n) is 8.07. The van der Waals surface area contributed by atoms with Crippen LogP contribution in [0.5, 0.6) is 0 Å². The number of alkyl halides is 1. The van der Waals surface area contributed by atoms with Gasteiger partial charge in [-0.05, 0) is 21.8 Å². The molecule has 0 bridgehead atoms. The minimum atomic E-state index is -2.60. The number of aliphatic hydroxyl groups excluding tert-OH is 1. The van der Waals surface area contributed by atoms with Crippen LogP contribution in [-0.4, -0.2) is 32.3 Å². The molecule has 0 aromatic heterocycles. The maximum absolute atomic E-state index is 14.3. The van der Waals surface area contributed by atoms with Crippen LogP contribution >= 0.6 is 0 Å². The molecule has 2 aromatic rings. The summed E-state index contributed by atoms with van der Waals surface area (Å²) in [4.78, 5) is 0. The highest BCUT2D eigenvalue weighted by Crippen LogP contribution is 2.48. The second-order valence-corrected chi connectivity index (χ2v) is 12.4. The molecule has 0 radical (unpaired) electrons. The monoisotopic (exact) mass is 358 g/mol. The van der Waals surface area contributed by atoms with Gasteiger partial charge in [-0.15, -0.1) is 0 Å². The van der Waals surface area contributed by atoms with Crippen LogP contribution < -0.4 is 10.4 Å². The van der Waals surface area contributed by atoms with Crippen LogP contribution in [0.1, 0.15) is 27.2 Å². The van der Waals surface area contributed by atoms with E-state index in [4.69, 9.17) is 4.43 Å². The summed E-state index contributed by atoms with van der Waals surface area (Å²) in [6.07, 6.45) is 0.391. The van der Waals surface area contributed by atoms with Gasteiger partial charge in [0.1, 0.15) is 5.67 Å². The van der Waals surface area contributed by atoms with Gasteiger partial charge < -0.3 is 9.53 Å². The van der Waals surface area contributed by atoms with E-state index in [1.54, 1.807) is 0 Å². The summed E-state index contributed by atoms with van der Waals surface area (Å²) in [5, 5.41) is 11.5. The first-order valence-electron chi connectivity index (χ1n) is 8.88. The molecule has 0 saturated heterocycles. The molecule has 0 heterocycles. The lowest BCUT2D eigenvalue weighted by Crippen LogP contribution is -2.66. The minimum absolute atomic E-state index is 0.108. The molecule has 4 heteroatoms. The number of rotatable bonds is 6. The molecule has 25 heavy (non-hydrogen) atoms. The fourth-order valence-electron chi connectivity index (χ4n) is 3.74. The van der Waals surface area contributed by atoms with Crippen molar-refractivity contribution in [1.29, 1.82) is 0 Å². The zero-order valence-corrected chi connectivity index (χ0v) is 16.2. The van der Waals surface area contributed by atoms with E-state index < -0.39 is 20.6 Å². The van der Waals surface area contributed by atoms with Crippen molar-refractivity contribution in [3.05, 3.63) is 60.7 Å². The number of hydrogen-bond acceptors (Lipinski definition) is 2. The van der Waals surface area contributed by atoms with E-state index in [0.717, 1.165) is 0 Å². The van der Waals surface area contributed by atoms with E-state index in [9.17, 15) is 9.50 Å². The number of benzene rings is 2. The van der Waals surface area contributed by atoms with Crippen LogP contribution in [0, 0.1) is 5.92 Å². The van der Waals surface area contributed by atoms with Crippen molar-refractivity contribution in [2.75, 3.05) is 13.2 Å². The van der Waals surface area contributed by atoms with Gasteiger partial charge in [0.2, 0.25) is 0 Å². The molecule has 1 aliphatic carbocycles. The fourth-order valence-corrected chi connectivity index (χ4v) is 8.35. The van der Waals surface area contributed by atoms with Crippen molar-refractivity contribution >= 4 is 18.7 Å². The van der Waals surface area contributed by atoms with E-state index in [1.807, 2.05) is 36.4 Å². The summed E-state index contributed by atoms with van der Waals surface area (Å²) in [7, 11) is -2.60. The number of aliphatic hydroxyl groups is 1. The Hall–Kier alpha value is -1.49. The van der Waals surface area contributed by atoms with Gasteiger partial charge in [-0.1, -0.05) is 81.4 Å². The quantitative estimate of drug-likeness (QED) is 0.803. The zero-order chi connectivity index (χ0) is 18.1. The van der Waals surface area contributed by atoms with E-state index in [0.29, 0.717) is 13.0 Å². The molecule has 1 aliphatic rings. The highest BCUT2D eigenvalue weighted by atomic mass is 28.4.